The third kappa shape index (κ3) is 7.20. The predicted molar refractivity (Wildman–Crippen MR) is 105 cm³/mol. The molecule has 1 aliphatic rings. The fourth-order valence-electron chi connectivity index (χ4n) is 2.75. The number of hydrogen-bond donors (Lipinski definition) is 3. The zero-order valence-electron chi connectivity index (χ0n) is 14.4. The Morgan fingerprint density at radius 2 is 1.92 bits per heavy atom. The Morgan fingerprint density at radius 1 is 1.28 bits per heavy atom. The number of benzene rings is 1. The molecule has 1 unspecified atom stereocenters. The number of piperidine rings is 1. The molecule has 1 atom stereocenters. The van der Waals surface area contributed by atoms with Gasteiger partial charge in [0.2, 0.25) is 11.8 Å². The molecule has 8 heteroatoms. The molecule has 0 aliphatic carbocycles. The molecule has 1 fully saturated rings. The van der Waals surface area contributed by atoms with Gasteiger partial charge in [-0.2, -0.15) is 0 Å². The minimum Gasteiger partial charge on any atom is -0.369 e. The smallest absolute Gasteiger partial charge is 0.228 e. The number of rotatable bonds is 6. The van der Waals surface area contributed by atoms with Crippen molar-refractivity contribution in [2.75, 3.05) is 25.0 Å². The molecule has 0 aromatic heterocycles. The molecule has 2 amide bonds. The van der Waals surface area contributed by atoms with E-state index in [0.29, 0.717) is 6.54 Å². The molecule has 1 saturated heterocycles. The van der Waals surface area contributed by atoms with Crippen LogP contribution < -0.4 is 16.8 Å². The highest BCUT2D eigenvalue weighted by Crippen LogP contribution is 2.20. The van der Waals surface area contributed by atoms with Crippen LogP contribution in [-0.2, 0) is 16.1 Å². The number of halogens is 2. The van der Waals surface area contributed by atoms with E-state index in [1.165, 1.54) is 0 Å². The minimum absolute atomic E-state index is 0. The summed E-state index contributed by atoms with van der Waals surface area (Å²) in [6, 6.07) is 7.85. The molecular weight excluding hydrogens is 363 g/mol. The van der Waals surface area contributed by atoms with E-state index < -0.39 is 0 Å². The van der Waals surface area contributed by atoms with E-state index in [1.54, 1.807) is 0 Å². The number of primary amides is 1. The van der Waals surface area contributed by atoms with Gasteiger partial charge in [-0.3, -0.25) is 14.5 Å². The maximum absolute atomic E-state index is 11.9. The monoisotopic (exact) mass is 390 g/mol. The van der Waals surface area contributed by atoms with Crippen molar-refractivity contribution in [3.63, 3.8) is 0 Å². The molecule has 142 valence electrons. The first-order chi connectivity index (χ1) is 11.0. The molecule has 1 aromatic carbocycles. The molecular formula is C17H28Cl2N4O2. The van der Waals surface area contributed by atoms with Gasteiger partial charge < -0.3 is 16.8 Å². The summed E-state index contributed by atoms with van der Waals surface area (Å²) in [6.07, 6.45) is 1.64. The topological polar surface area (TPSA) is 101 Å². The van der Waals surface area contributed by atoms with Gasteiger partial charge in [0, 0.05) is 30.6 Å². The summed E-state index contributed by atoms with van der Waals surface area (Å²) in [5.41, 5.74) is 12.8. The Morgan fingerprint density at radius 3 is 2.48 bits per heavy atom. The van der Waals surface area contributed by atoms with Gasteiger partial charge in [0.25, 0.3) is 0 Å². The Kier molecular flexibility index (Phi) is 10.7. The van der Waals surface area contributed by atoms with Crippen molar-refractivity contribution < 1.29 is 9.59 Å². The molecule has 25 heavy (non-hydrogen) atoms. The van der Waals surface area contributed by atoms with E-state index in [-0.39, 0.29) is 48.5 Å². The zero-order valence-corrected chi connectivity index (χ0v) is 16.1. The summed E-state index contributed by atoms with van der Waals surface area (Å²) in [4.78, 5) is 25.4. The van der Waals surface area contributed by atoms with E-state index >= 15 is 0 Å². The maximum Gasteiger partial charge on any atom is 0.228 e. The lowest BCUT2D eigenvalue weighted by Crippen LogP contribution is -2.38. The average molecular weight is 391 g/mol. The number of nitrogens with one attached hydrogen (secondary N) is 1. The molecule has 0 bridgehead atoms. The van der Waals surface area contributed by atoms with Gasteiger partial charge in [-0.25, -0.2) is 0 Å². The second-order valence-corrected chi connectivity index (χ2v) is 6.28. The quantitative estimate of drug-likeness (QED) is 0.688. The number of likely N-dealkylation sites (tertiary alicyclic amines) is 1. The molecule has 1 aromatic rings. The lowest BCUT2D eigenvalue weighted by molar-refractivity contribution is -0.123. The fraction of sp³-hybridized carbons (Fsp3) is 0.529. The number of carbonyl (C=O) groups is 2. The first-order valence-corrected chi connectivity index (χ1v) is 8.11. The van der Waals surface area contributed by atoms with Gasteiger partial charge in [0.1, 0.15) is 0 Å². The molecule has 2 rings (SSSR count). The van der Waals surface area contributed by atoms with Gasteiger partial charge in [-0.1, -0.05) is 19.1 Å². The Bertz CT molecular complexity index is 563. The van der Waals surface area contributed by atoms with Crippen LogP contribution in [0.1, 0.15) is 25.3 Å². The van der Waals surface area contributed by atoms with Gasteiger partial charge in [0.05, 0.1) is 0 Å². The van der Waals surface area contributed by atoms with Gasteiger partial charge in [-0.15, -0.1) is 24.8 Å². The second-order valence-electron chi connectivity index (χ2n) is 6.28. The summed E-state index contributed by atoms with van der Waals surface area (Å²) in [5, 5.41) is 2.89. The lowest BCUT2D eigenvalue weighted by atomic mass is 9.96. The van der Waals surface area contributed by atoms with Crippen molar-refractivity contribution >= 4 is 42.3 Å². The standard InChI is InChI=1S/C17H26N4O2.2ClH/c1-12(10-18)17(23)20-15-4-2-3-13(9-15)11-21-7-5-14(6-8-21)16(19)22;;/h2-4,9,12,14H,5-8,10-11,18H2,1H3,(H2,19,22)(H,20,23);2*1H. The summed E-state index contributed by atoms with van der Waals surface area (Å²) in [6.45, 7) is 4.69. The molecule has 1 aliphatic heterocycles. The summed E-state index contributed by atoms with van der Waals surface area (Å²) in [5.74, 6) is -0.448. The van der Waals surface area contributed by atoms with Crippen molar-refractivity contribution in [1.29, 1.82) is 0 Å². The Labute approximate surface area is 161 Å². The maximum atomic E-state index is 11.9. The zero-order chi connectivity index (χ0) is 16.8. The van der Waals surface area contributed by atoms with Gasteiger partial charge in [-0.05, 0) is 43.6 Å². The van der Waals surface area contributed by atoms with E-state index in [1.807, 2.05) is 31.2 Å². The highest BCUT2D eigenvalue weighted by molar-refractivity contribution is 5.92. The number of nitrogens with zero attached hydrogens (tertiary/aromatic N) is 1. The van der Waals surface area contributed by atoms with E-state index in [0.717, 1.165) is 43.7 Å². The Balaban J connectivity index is 0.00000288. The molecule has 5 N–H and O–H groups in total. The van der Waals surface area contributed by atoms with Crippen LogP contribution in [0.3, 0.4) is 0 Å². The van der Waals surface area contributed by atoms with Gasteiger partial charge >= 0.3 is 0 Å². The molecule has 0 radical (unpaired) electrons. The number of anilines is 1. The molecule has 0 spiro atoms. The number of amides is 2. The first kappa shape index (κ1) is 23.7. The van der Waals surface area contributed by atoms with Crippen molar-refractivity contribution in [2.45, 2.75) is 26.3 Å². The van der Waals surface area contributed by atoms with Crippen LogP contribution in [0.15, 0.2) is 24.3 Å². The second kappa shape index (κ2) is 11.3. The normalized spacial score (nSPS) is 16.2. The number of nitrogens with two attached hydrogens (primary N) is 2. The van der Waals surface area contributed by atoms with Crippen LogP contribution >= 0.6 is 24.8 Å². The van der Waals surface area contributed by atoms with Crippen molar-refractivity contribution in [3.05, 3.63) is 29.8 Å². The Hall–Kier alpha value is -1.34. The average Bonchev–Trinajstić information content (AvgIpc) is 2.54. The van der Waals surface area contributed by atoms with Crippen LogP contribution in [0.4, 0.5) is 5.69 Å². The SMILES string of the molecule is CC(CN)C(=O)Nc1cccc(CN2CCC(C(N)=O)CC2)c1.Cl.Cl. The third-order valence-corrected chi connectivity index (χ3v) is 4.39. The minimum atomic E-state index is -0.202. The largest absolute Gasteiger partial charge is 0.369 e. The van der Waals surface area contributed by atoms with Crippen LogP contribution in [0.5, 0.6) is 0 Å². The van der Waals surface area contributed by atoms with Crippen LogP contribution in [0.2, 0.25) is 0 Å². The van der Waals surface area contributed by atoms with Crippen LogP contribution in [0, 0.1) is 11.8 Å². The number of hydrogen-bond acceptors (Lipinski definition) is 4. The summed E-state index contributed by atoms with van der Waals surface area (Å²) < 4.78 is 0. The fourth-order valence-corrected chi connectivity index (χ4v) is 2.75. The van der Waals surface area contributed by atoms with E-state index in [4.69, 9.17) is 11.5 Å². The molecule has 6 nitrogen and oxygen atoms in total. The predicted octanol–water partition coefficient (Wildman–Crippen LogP) is 1.76. The van der Waals surface area contributed by atoms with E-state index in [2.05, 4.69) is 10.2 Å². The first-order valence-electron chi connectivity index (χ1n) is 8.11. The van der Waals surface area contributed by atoms with E-state index in [9.17, 15) is 9.59 Å². The van der Waals surface area contributed by atoms with Crippen molar-refractivity contribution in [3.8, 4) is 0 Å². The van der Waals surface area contributed by atoms with Crippen molar-refractivity contribution in [2.24, 2.45) is 23.3 Å². The van der Waals surface area contributed by atoms with Crippen LogP contribution in [-0.4, -0.2) is 36.3 Å². The highest BCUT2D eigenvalue weighted by atomic mass is 35.5. The van der Waals surface area contributed by atoms with Crippen molar-refractivity contribution in [1.82, 2.24) is 4.90 Å². The van der Waals surface area contributed by atoms with Crippen LogP contribution in [0.25, 0.3) is 0 Å². The molecule has 1 heterocycles. The molecule has 0 saturated carbocycles. The lowest BCUT2D eigenvalue weighted by Gasteiger charge is -2.30. The number of carbonyl (C=O) groups excluding carboxylic acids is 2. The summed E-state index contributed by atoms with van der Waals surface area (Å²) >= 11 is 0. The van der Waals surface area contributed by atoms with Gasteiger partial charge in [0.15, 0.2) is 0 Å². The summed E-state index contributed by atoms with van der Waals surface area (Å²) in [7, 11) is 0. The third-order valence-electron chi connectivity index (χ3n) is 4.39. The highest BCUT2D eigenvalue weighted by Gasteiger charge is 2.23.